The predicted molar refractivity (Wildman–Crippen MR) is 43.5 cm³/mol. The second kappa shape index (κ2) is 4.21. The lowest BCUT2D eigenvalue weighted by Crippen LogP contribution is -2.25. The average molecular weight is 186 g/mol. The van der Waals surface area contributed by atoms with E-state index in [9.17, 15) is 8.78 Å². The van der Waals surface area contributed by atoms with E-state index in [0.29, 0.717) is 13.0 Å². The third kappa shape index (κ3) is 2.91. The van der Waals surface area contributed by atoms with Gasteiger partial charge in [0.15, 0.2) is 0 Å². The molecule has 0 aromatic heterocycles. The van der Waals surface area contributed by atoms with E-state index >= 15 is 0 Å². The smallest absolute Gasteiger partial charge is 0.251 e. The molecule has 1 N–H and O–H groups in total. The molecule has 0 bridgehead atoms. The largest absolute Gasteiger partial charge is 0.316 e. The van der Waals surface area contributed by atoms with Gasteiger partial charge in [0.05, 0.1) is 0 Å². The molecule has 11 heavy (non-hydrogen) atoms. The summed E-state index contributed by atoms with van der Waals surface area (Å²) in [5.41, 5.74) is 0. The lowest BCUT2D eigenvalue weighted by molar-refractivity contribution is -0.0534. The Morgan fingerprint density at radius 2 is 2.00 bits per heavy atom. The zero-order chi connectivity index (χ0) is 7.61. The quantitative estimate of drug-likeness (QED) is 0.609. The zero-order valence-electron chi connectivity index (χ0n) is 6.57. The van der Waals surface area contributed by atoms with Crippen molar-refractivity contribution in [1.29, 1.82) is 0 Å². The van der Waals surface area contributed by atoms with Gasteiger partial charge in [-0.05, 0) is 13.0 Å². The Labute approximate surface area is 72.0 Å². The molecule has 1 aliphatic rings. The summed E-state index contributed by atoms with van der Waals surface area (Å²) < 4.78 is 25.6. The lowest BCUT2D eigenvalue weighted by atomic mass is 9.99. The van der Waals surface area contributed by atoms with Crippen molar-refractivity contribution in [2.24, 2.45) is 5.92 Å². The van der Waals surface area contributed by atoms with E-state index in [4.69, 9.17) is 0 Å². The Morgan fingerprint density at radius 1 is 1.36 bits per heavy atom. The highest BCUT2D eigenvalue weighted by atomic mass is 35.5. The molecule has 0 amide bonds. The van der Waals surface area contributed by atoms with Crippen LogP contribution in [0, 0.1) is 5.92 Å². The van der Waals surface area contributed by atoms with Gasteiger partial charge in [0.1, 0.15) is 0 Å². The van der Waals surface area contributed by atoms with Crippen LogP contribution in [0.4, 0.5) is 8.78 Å². The molecular formula is C7H14ClF2N. The summed E-state index contributed by atoms with van der Waals surface area (Å²) >= 11 is 0. The van der Waals surface area contributed by atoms with Gasteiger partial charge in [-0.25, -0.2) is 8.78 Å². The standard InChI is InChI=1S/C7H13F2N.ClH/c1-6-2-4-10-5-3-7(6,8)9;/h6,10H,2-5H2,1H3;1H/t6-;/m1./s1. The first kappa shape index (κ1) is 11.1. The van der Waals surface area contributed by atoms with Crippen LogP contribution in [0.15, 0.2) is 0 Å². The van der Waals surface area contributed by atoms with Crippen LogP contribution in [0.25, 0.3) is 0 Å². The summed E-state index contributed by atoms with van der Waals surface area (Å²) in [4.78, 5) is 0. The maximum Gasteiger partial charge on any atom is 0.251 e. The van der Waals surface area contributed by atoms with E-state index in [0.717, 1.165) is 6.54 Å². The van der Waals surface area contributed by atoms with Crippen molar-refractivity contribution in [3.8, 4) is 0 Å². The molecule has 1 atom stereocenters. The monoisotopic (exact) mass is 185 g/mol. The maximum atomic E-state index is 12.8. The number of halogens is 3. The molecule has 0 radical (unpaired) electrons. The van der Waals surface area contributed by atoms with Crippen molar-refractivity contribution >= 4 is 12.4 Å². The van der Waals surface area contributed by atoms with E-state index in [1.54, 1.807) is 6.92 Å². The Hall–Kier alpha value is 0.110. The number of hydrogen-bond acceptors (Lipinski definition) is 1. The van der Waals surface area contributed by atoms with E-state index in [1.165, 1.54) is 0 Å². The minimum atomic E-state index is -2.44. The Kier molecular flexibility index (Phi) is 4.26. The SMILES string of the molecule is C[C@@H]1CCNCCC1(F)F.Cl. The summed E-state index contributed by atoms with van der Waals surface area (Å²) in [6.07, 6.45) is 0.584. The van der Waals surface area contributed by atoms with Crippen molar-refractivity contribution in [1.82, 2.24) is 5.32 Å². The van der Waals surface area contributed by atoms with Gasteiger partial charge in [-0.3, -0.25) is 0 Å². The maximum absolute atomic E-state index is 12.8. The van der Waals surface area contributed by atoms with Crippen LogP contribution in [-0.4, -0.2) is 19.0 Å². The fourth-order valence-corrected chi connectivity index (χ4v) is 1.16. The fourth-order valence-electron chi connectivity index (χ4n) is 1.16. The normalized spacial score (nSPS) is 30.3. The Balaban J connectivity index is 0.000001000. The molecule has 1 fully saturated rings. The molecule has 68 valence electrons. The van der Waals surface area contributed by atoms with E-state index in [-0.39, 0.29) is 18.8 Å². The highest BCUT2D eigenvalue weighted by Crippen LogP contribution is 2.31. The van der Waals surface area contributed by atoms with Crippen LogP contribution >= 0.6 is 12.4 Å². The predicted octanol–water partition coefficient (Wildman–Crippen LogP) is 2.06. The van der Waals surface area contributed by atoms with E-state index in [1.807, 2.05) is 0 Å². The highest BCUT2D eigenvalue weighted by Gasteiger charge is 2.36. The number of nitrogens with one attached hydrogen (secondary N) is 1. The van der Waals surface area contributed by atoms with Crippen LogP contribution < -0.4 is 5.32 Å². The van der Waals surface area contributed by atoms with Gasteiger partial charge < -0.3 is 5.32 Å². The number of alkyl halides is 2. The minimum Gasteiger partial charge on any atom is -0.316 e. The van der Waals surface area contributed by atoms with Crippen LogP contribution in [-0.2, 0) is 0 Å². The topological polar surface area (TPSA) is 12.0 Å². The summed E-state index contributed by atoms with van der Waals surface area (Å²) in [7, 11) is 0. The minimum absolute atomic E-state index is 0. The Bertz CT molecular complexity index is 119. The van der Waals surface area contributed by atoms with Gasteiger partial charge in [-0.1, -0.05) is 6.92 Å². The van der Waals surface area contributed by atoms with Crippen molar-refractivity contribution in [3.63, 3.8) is 0 Å². The summed E-state index contributed by atoms with van der Waals surface area (Å²) in [5.74, 6) is -2.90. The molecule has 0 aromatic rings. The van der Waals surface area contributed by atoms with Gasteiger partial charge in [0.2, 0.25) is 0 Å². The van der Waals surface area contributed by atoms with Gasteiger partial charge in [0, 0.05) is 18.9 Å². The number of hydrogen-bond donors (Lipinski definition) is 1. The molecule has 1 rings (SSSR count). The third-order valence-corrected chi connectivity index (χ3v) is 2.11. The van der Waals surface area contributed by atoms with Crippen molar-refractivity contribution in [2.75, 3.05) is 13.1 Å². The number of rotatable bonds is 0. The molecule has 1 aliphatic heterocycles. The van der Waals surface area contributed by atoms with Crippen LogP contribution in [0.2, 0.25) is 0 Å². The Morgan fingerprint density at radius 3 is 2.64 bits per heavy atom. The van der Waals surface area contributed by atoms with Crippen LogP contribution in [0.3, 0.4) is 0 Å². The summed E-state index contributed by atoms with van der Waals surface area (Å²) in [5, 5.41) is 2.95. The third-order valence-electron chi connectivity index (χ3n) is 2.11. The molecule has 0 spiro atoms. The molecule has 0 aliphatic carbocycles. The van der Waals surface area contributed by atoms with E-state index in [2.05, 4.69) is 5.32 Å². The van der Waals surface area contributed by atoms with Crippen molar-refractivity contribution in [2.45, 2.75) is 25.7 Å². The first-order chi connectivity index (χ1) is 4.63. The molecule has 1 saturated heterocycles. The van der Waals surface area contributed by atoms with Crippen molar-refractivity contribution < 1.29 is 8.78 Å². The van der Waals surface area contributed by atoms with Gasteiger partial charge >= 0.3 is 0 Å². The molecule has 4 heteroatoms. The summed E-state index contributed by atoms with van der Waals surface area (Å²) in [6, 6.07) is 0. The molecule has 0 saturated carbocycles. The lowest BCUT2D eigenvalue weighted by Gasteiger charge is -2.19. The fraction of sp³-hybridized carbons (Fsp3) is 1.00. The molecule has 0 unspecified atom stereocenters. The van der Waals surface area contributed by atoms with Gasteiger partial charge in [0.25, 0.3) is 5.92 Å². The highest BCUT2D eigenvalue weighted by molar-refractivity contribution is 5.85. The van der Waals surface area contributed by atoms with Gasteiger partial charge in [-0.2, -0.15) is 0 Å². The second-order valence-electron chi connectivity index (χ2n) is 2.95. The van der Waals surface area contributed by atoms with E-state index < -0.39 is 11.8 Å². The van der Waals surface area contributed by atoms with Crippen LogP contribution in [0.5, 0.6) is 0 Å². The molecule has 0 aromatic carbocycles. The molecule has 1 heterocycles. The molecule has 1 nitrogen and oxygen atoms in total. The molecular weight excluding hydrogens is 172 g/mol. The van der Waals surface area contributed by atoms with Crippen LogP contribution in [0.1, 0.15) is 19.8 Å². The zero-order valence-corrected chi connectivity index (χ0v) is 7.39. The van der Waals surface area contributed by atoms with Gasteiger partial charge in [-0.15, -0.1) is 12.4 Å². The summed E-state index contributed by atoms with van der Waals surface area (Å²) in [6.45, 7) is 2.81. The first-order valence-electron chi connectivity index (χ1n) is 3.71. The first-order valence-corrected chi connectivity index (χ1v) is 3.71. The van der Waals surface area contributed by atoms with Crippen molar-refractivity contribution in [3.05, 3.63) is 0 Å². The second-order valence-corrected chi connectivity index (χ2v) is 2.95. The average Bonchev–Trinajstić information content (AvgIpc) is 1.96.